The molecule has 1 unspecified atom stereocenters. The van der Waals surface area contributed by atoms with Crippen LogP contribution in [0.2, 0.25) is 0 Å². The zero-order valence-corrected chi connectivity index (χ0v) is 9.93. The molecule has 1 aromatic carbocycles. The molecule has 0 saturated heterocycles. The van der Waals surface area contributed by atoms with Crippen LogP contribution in [-0.2, 0) is 4.74 Å². The van der Waals surface area contributed by atoms with E-state index in [0.717, 1.165) is 11.1 Å². The van der Waals surface area contributed by atoms with Crippen molar-refractivity contribution in [1.29, 1.82) is 0 Å². The highest BCUT2D eigenvalue weighted by Crippen LogP contribution is 2.16. The second kappa shape index (κ2) is 5.73. The second-order valence-corrected chi connectivity index (χ2v) is 3.35. The van der Waals surface area contributed by atoms with Gasteiger partial charge in [-0.05, 0) is 31.0 Å². The first-order chi connectivity index (χ1) is 6.56. The topological polar surface area (TPSA) is 52.3 Å². The molecule has 3 nitrogen and oxygen atoms in total. The quantitative estimate of drug-likeness (QED) is 0.792. The van der Waals surface area contributed by atoms with E-state index in [1.54, 1.807) is 6.07 Å². The first-order valence-electron chi connectivity index (χ1n) is 4.50. The van der Waals surface area contributed by atoms with E-state index < -0.39 is 0 Å². The molecule has 0 amide bonds. The average Bonchev–Trinajstić information content (AvgIpc) is 2.16. The lowest BCUT2D eigenvalue weighted by Gasteiger charge is -2.09. The van der Waals surface area contributed by atoms with Crippen molar-refractivity contribution in [3.05, 3.63) is 34.9 Å². The van der Waals surface area contributed by atoms with E-state index in [0.29, 0.717) is 5.56 Å². The molecule has 15 heavy (non-hydrogen) atoms. The Bertz CT molecular complexity index is 350. The van der Waals surface area contributed by atoms with Crippen LogP contribution in [0, 0.1) is 6.92 Å². The van der Waals surface area contributed by atoms with Gasteiger partial charge < -0.3 is 10.5 Å². The minimum Gasteiger partial charge on any atom is -0.465 e. The van der Waals surface area contributed by atoms with E-state index in [2.05, 4.69) is 4.74 Å². The predicted octanol–water partition coefficient (Wildman–Crippen LogP) is 2.22. The molecular formula is C11H16ClNO2. The molecule has 0 spiro atoms. The highest BCUT2D eigenvalue weighted by atomic mass is 35.5. The zero-order valence-electron chi connectivity index (χ0n) is 9.11. The zero-order chi connectivity index (χ0) is 10.7. The van der Waals surface area contributed by atoms with Gasteiger partial charge in [-0.15, -0.1) is 12.4 Å². The van der Waals surface area contributed by atoms with Crippen molar-refractivity contribution in [2.75, 3.05) is 7.11 Å². The van der Waals surface area contributed by atoms with Crippen LogP contribution in [0.3, 0.4) is 0 Å². The number of carbonyl (C=O) groups is 1. The summed E-state index contributed by atoms with van der Waals surface area (Å²) in [4.78, 5) is 11.3. The van der Waals surface area contributed by atoms with Crippen molar-refractivity contribution in [2.45, 2.75) is 19.9 Å². The third-order valence-corrected chi connectivity index (χ3v) is 2.18. The number of benzene rings is 1. The number of ether oxygens (including phenoxy) is 1. The van der Waals surface area contributed by atoms with Crippen LogP contribution in [0.4, 0.5) is 0 Å². The maximum absolute atomic E-state index is 11.3. The Morgan fingerprint density at radius 1 is 1.47 bits per heavy atom. The fourth-order valence-electron chi connectivity index (χ4n) is 1.31. The van der Waals surface area contributed by atoms with Gasteiger partial charge in [0.25, 0.3) is 0 Å². The van der Waals surface area contributed by atoms with Gasteiger partial charge in [0.1, 0.15) is 0 Å². The molecule has 2 N–H and O–H groups in total. The summed E-state index contributed by atoms with van der Waals surface area (Å²) in [6, 6.07) is 5.50. The fourth-order valence-corrected chi connectivity index (χ4v) is 1.31. The Hall–Kier alpha value is -1.06. The van der Waals surface area contributed by atoms with Crippen LogP contribution in [0.15, 0.2) is 18.2 Å². The van der Waals surface area contributed by atoms with Crippen LogP contribution in [0.5, 0.6) is 0 Å². The summed E-state index contributed by atoms with van der Waals surface area (Å²) in [5, 5.41) is 0. The SMILES string of the molecule is COC(=O)c1ccc(C(C)N)cc1C.Cl. The molecule has 1 atom stereocenters. The standard InChI is InChI=1S/C11H15NO2.ClH/c1-7-6-9(8(2)12)4-5-10(7)11(13)14-3;/h4-6,8H,12H2,1-3H3;1H. The molecule has 0 aliphatic carbocycles. The number of halogens is 1. The normalized spacial score (nSPS) is 11.5. The van der Waals surface area contributed by atoms with Gasteiger partial charge in [0.05, 0.1) is 12.7 Å². The molecule has 0 bridgehead atoms. The molecule has 1 aromatic rings. The molecule has 0 heterocycles. The number of aryl methyl sites for hydroxylation is 1. The molecule has 4 heteroatoms. The van der Waals surface area contributed by atoms with Crippen LogP contribution in [0.25, 0.3) is 0 Å². The van der Waals surface area contributed by atoms with Gasteiger partial charge in [-0.3, -0.25) is 0 Å². The molecule has 84 valence electrons. The van der Waals surface area contributed by atoms with Gasteiger partial charge in [-0.25, -0.2) is 4.79 Å². The van der Waals surface area contributed by atoms with E-state index >= 15 is 0 Å². The number of nitrogens with two attached hydrogens (primary N) is 1. The van der Waals surface area contributed by atoms with Crippen molar-refractivity contribution in [1.82, 2.24) is 0 Å². The summed E-state index contributed by atoms with van der Waals surface area (Å²) in [6.07, 6.45) is 0. The predicted molar refractivity (Wildman–Crippen MR) is 62.4 cm³/mol. The van der Waals surface area contributed by atoms with E-state index in [-0.39, 0.29) is 24.4 Å². The van der Waals surface area contributed by atoms with Gasteiger partial charge in [0, 0.05) is 6.04 Å². The molecule has 1 rings (SSSR count). The lowest BCUT2D eigenvalue weighted by molar-refractivity contribution is 0.0600. The number of hydrogen-bond acceptors (Lipinski definition) is 3. The summed E-state index contributed by atoms with van der Waals surface area (Å²) in [5.41, 5.74) is 8.24. The number of hydrogen-bond donors (Lipinski definition) is 1. The van der Waals surface area contributed by atoms with Gasteiger partial charge in [0.15, 0.2) is 0 Å². The fraction of sp³-hybridized carbons (Fsp3) is 0.364. The van der Waals surface area contributed by atoms with Crippen LogP contribution in [-0.4, -0.2) is 13.1 Å². The Kier molecular flexibility index (Phi) is 5.33. The van der Waals surface area contributed by atoms with Gasteiger partial charge in [-0.2, -0.15) is 0 Å². The molecule has 0 aliphatic heterocycles. The Morgan fingerprint density at radius 3 is 2.47 bits per heavy atom. The Balaban J connectivity index is 0.00000196. The summed E-state index contributed by atoms with van der Waals surface area (Å²) in [6.45, 7) is 3.78. The second-order valence-electron chi connectivity index (χ2n) is 3.35. The summed E-state index contributed by atoms with van der Waals surface area (Å²) >= 11 is 0. The molecule has 0 aliphatic rings. The van der Waals surface area contributed by atoms with E-state index in [1.165, 1.54) is 7.11 Å². The van der Waals surface area contributed by atoms with Gasteiger partial charge in [0.2, 0.25) is 0 Å². The minimum absolute atomic E-state index is 0. The maximum Gasteiger partial charge on any atom is 0.338 e. The Morgan fingerprint density at radius 2 is 2.07 bits per heavy atom. The maximum atomic E-state index is 11.3. The summed E-state index contributed by atoms with van der Waals surface area (Å²) in [5.74, 6) is -0.307. The van der Waals surface area contributed by atoms with E-state index in [4.69, 9.17) is 5.73 Å². The summed E-state index contributed by atoms with van der Waals surface area (Å²) in [7, 11) is 1.38. The van der Waals surface area contributed by atoms with Crippen LogP contribution < -0.4 is 5.73 Å². The largest absolute Gasteiger partial charge is 0.465 e. The molecule has 0 saturated carbocycles. The average molecular weight is 230 g/mol. The van der Waals surface area contributed by atoms with Crippen molar-refractivity contribution >= 4 is 18.4 Å². The van der Waals surface area contributed by atoms with Crippen molar-refractivity contribution in [3.8, 4) is 0 Å². The van der Waals surface area contributed by atoms with Crippen LogP contribution in [0.1, 0.15) is 34.5 Å². The number of methoxy groups -OCH3 is 1. The van der Waals surface area contributed by atoms with Gasteiger partial charge >= 0.3 is 5.97 Å². The first-order valence-corrected chi connectivity index (χ1v) is 4.50. The molecule has 0 radical (unpaired) electrons. The smallest absolute Gasteiger partial charge is 0.338 e. The van der Waals surface area contributed by atoms with Crippen molar-refractivity contribution < 1.29 is 9.53 Å². The monoisotopic (exact) mass is 229 g/mol. The van der Waals surface area contributed by atoms with Gasteiger partial charge in [-0.1, -0.05) is 12.1 Å². The molecule has 0 fully saturated rings. The highest BCUT2D eigenvalue weighted by molar-refractivity contribution is 5.91. The van der Waals surface area contributed by atoms with Crippen molar-refractivity contribution in [3.63, 3.8) is 0 Å². The van der Waals surface area contributed by atoms with Crippen molar-refractivity contribution in [2.24, 2.45) is 5.73 Å². The van der Waals surface area contributed by atoms with E-state index in [1.807, 2.05) is 26.0 Å². The lowest BCUT2D eigenvalue weighted by atomic mass is 10.0. The van der Waals surface area contributed by atoms with E-state index in [9.17, 15) is 4.79 Å². The molecular weight excluding hydrogens is 214 g/mol. The number of carbonyl (C=O) groups excluding carboxylic acids is 1. The lowest BCUT2D eigenvalue weighted by Crippen LogP contribution is -2.08. The Labute approximate surface area is 96.0 Å². The minimum atomic E-state index is -0.307. The highest BCUT2D eigenvalue weighted by Gasteiger charge is 2.10. The summed E-state index contributed by atoms with van der Waals surface area (Å²) < 4.78 is 4.65. The third kappa shape index (κ3) is 3.22. The molecule has 0 aromatic heterocycles. The number of rotatable bonds is 2. The van der Waals surface area contributed by atoms with Crippen LogP contribution >= 0.6 is 12.4 Å². The number of esters is 1. The first kappa shape index (κ1) is 13.9. The third-order valence-electron chi connectivity index (χ3n) is 2.18.